The van der Waals surface area contributed by atoms with E-state index >= 15 is 0 Å². The van der Waals surface area contributed by atoms with Crippen molar-refractivity contribution in [3.63, 3.8) is 0 Å². The van der Waals surface area contributed by atoms with Crippen molar-refractivity contribution in [2.45, 2.75) is 47.1 Å². The van der Waals surface area contributed by atoms with Crippen LogP contribution in [0.15, 0.2) is 18.2 Å². The molecule has 0 aliphatic heterocycles. The molecule has 1 N–H and O–H groups in total. The largest absolute Gasteiger partial charge is 0.310 e. The minimum absolute atomic E-state index is 0.518. The van der Waals surface area contributed by atoms with E-state index in [2.05, 4.69) is 58.1 Å². The molecule has 2 unspecified atom stereocenters. The van der Waals surface area contributed by atoms with Gasteiger partial charge in [-0.25, -0.2) is 0 Å². The first kappa shape index (κ1) is 12.6. The van der Waals surface area contributed by atoms with Gasteiger partial charge in [0, 0.05) is 6.04 Å². The Morgan fingerprint density at radius 2 is 2.00 bits per heavy atom. The fraction of sp³-hybridized carbons (Fsp3) is 0.625. The maximum atomic E-state index is 3.68. The molecule has 1 fully saturated rings. The summed E-state index contributed by atoms with van der Waals surface area (Å²) in [6, 6.07) is 7.39. The molecule has 1 nitrogen and oxygen atoms in total. The van der Waals surface area contributed by atoms with Crippen LogP contribution in [-0.2, 0) is 0 Å². The maximum Gasteiger partial charge on any atom is 0.0356 e. The molecule has 0 amide bonds. The zero-order chi connectivity index (χ0) is 12.6. The number of benzene rings is 1. The van der Waals surface area contributed by atoms with Crippen molar-refractivity contribution in [1.29, 1.82) is 0 Å². The molecule has 1 aromatic carbocycles. The third kappa shape index (κ3) is 2.55. The normalized spacial score (nSPS) is 23.5. The zero-order valence-electron chi connectivity index (χ0n) is 11.8. The fourth-order valence-corrected chi connectivity index (χ4v) is 2.94. The first-order chi connectivity index (χ1) is 7.95. The van der Waals surface area contributed by atoms with Crippen molar-refractivity contribution in [2.24, 2.45) is 11.3 Å². The van der Waals surface area contributed by atoms with E-state index in [0.29, 0.717) is 11.5 Å². The third-order valence-electron chi connectivity index (χ3n) is 4.18. The van der Waals surface area contributed by atoms with E-state index in [0.717, 1.165) is 12.5 Å². The van der Waals surface area contributed by atoms with Crippen molar-refractivity contribution in [2.75, 3.05) is 6.54 Å². The summed E-state index contributed by atoms with van der Waals surface area (Å²) < 4.78 is 0. The quantitative estimate of drug-likeness (QED) is 0.826. The lowest BCUT2D eigenvalue weighted by Gasteiger charge is -2.22. The van der Waals surface area contributed by atoms with Crippen LogP contribution < -0.4 is 5.32 Å². The summed E-state index contributed by atoms with van der Waals surface area (Å²) in [6.07, 6.45) is 1.35. The fourth-order valence-electron chi connectivity index (χ4n) is 2.94. The molecule has 0 spiro atoms. The lowest BCUT2D eigenvalue weighted by molar-refractivity contribution is 0.422. The Morgan fingerprint density at radius 3 is 2.47 bits per heavy atom. The highest BCUT2D eigenvalue weighted by Crippen LogP contribution is 2.57. The third-order valence-corrected chi connectivity index (χ3v) is 4.18. The first-order valence-electron chi connectivity index (χ1n) is 6.76. The van der Waals surface area contributed by atoms with Crippen LogP contribution in [0.1, 0.15) is 49.9 Å². The average molecular weight is 231 g/mol. The van der Waals surface area contributed by atoms with E-state index in [-0.39, 0.29) is 0 Å². The van der Waals surface area contributed by atoms with Crippen LogP contribution in [0.25, 0.3) is 0 Å². The average Bonchev–Trinajstić information content (AvgIpc) is 2.85. The van der Waals surface area contributed by atoms with Gasteiger partial charge in [-0.1, -0.05) is 44.5 Å². The molecule has 0 bridgehead atoms. The Balaban J connectivity index is 2.27. The second-order valence-corrected chi connectivity index (χ2v) is 6.19. The number of nitrogens with one attached hydrogen (secondary N) is 1. The minimum Gasteiger partial charge on any atom is -0.310 e. The van der Waals surface area contributed by atoms with Gasteiger partial charge in [-0.2, -0.15) is 0 Å². The van der Waals surface area contributed by atoms with Gasteiger partial charge in [0.1, 0.15) is 0 Å². The highest BCUT2D eigenvalue weighted by Gasteiger charge is 2.50. The van der Waals surface area contributed by atoms with Gasteiger partial charge in [-0.15, -0.1) is 0 Å². The van der Waals surface area contributed by atoms with Gasteiger partial charge < -0.3 is 5.32 Å². The monoisotopic (exact) mass is 231 g/mol. The van der Waals surface area contributed by atoms with Gasteiger partial charge in [0.05, 0.1) is 0 Å². The summed E-state index contributed by atoms with van der Waals surface area (Å²) in [5.74, 6) is 0.795. The summed E-state index contributed by atoms with van der Waals surface area (Å²) in [4.78, 5) is 0. The summed E-state index contributed by atoms with van der Waals surface area (Å²) in [6.45, 7) is 12.4. The Kier molecular flexibility index (Phi) is 3.31. The number of rotatable bonds is 4. The lowest BCUT2D eigenvalue weighted by Crippen LogP contribution is -2.25. The summed E-state index contributed by atoms with van der Waals surface area (Å²) in [5.41, 5.74) is 4.80. The SMILES string of the molecule is CCNC(c1ccc(C)cc1C)C1CC1(C)C. The van der Waals surface area contributed by atoms with E-state index in [4.69, 9.17) is 0 Å². The Hall–Kier alpha value is -0.820. The standard InChI is InChI=1S/C16H25N/c1-6-17-15(14-10-16(14,4)5)13-8-7-11(2)9-12(13)3/h7-9,14-15,17H,6,10H2,1-5H3. The molecule has 1 saturated carbocycles. The summed E-state index contributed by atoms with van der Waals surface area (Å²) in [5, 5.41) is 3.68. The van der Waals surface area contributed by atoms with Crippen LogP contribution in [0, 0.1) is 25.2 Å². The second-order valence-electron chi connectivity index (χ2n) is 6.19. The summed E-state index contributed by atoms with van der Waals surface area (Å²) >= 11 is 0. The molecule has 0 radical (unpaired) electrons. The van der Waals surface area contributed by atoms with E-state index in [1.54, 1.807) is 0 Å². The molecule has 1 aromatic rings. The first-order valence-corrected chi connectivity index (χ1v) is 6.76. The van der Waals surface area contributed by atoms with E-state index in [9.17, 15) is 0 Å². The Labute approximate surface area is 106 Å². The van der Waals surface area contributed by atoms with Gasteiger partial charge in [0.25, 0.3) is 0 Å². The van der Waals surface area contributed by atoms with Crippen molar-refractivity contribution in [3.8, 4) is 0 Å². The van der Waals surface area contributed by atoms with E-state index in [1.165, 1.54) is 23.1 Å². The van der Waals surface area contributed by atoms with Gasteiger partial charge in [0.15, 0.2) is 0 Å². The van der Waals surface area contributed by atoms with Crippen LogP contribution in [-0.4, -0.2) is 6.54 Å². The van der Waals surface area contributed by atoms with Crippen LogP contribution in [0.3, 0.4) is 0 Å². The molecule has 1 aliphatic carbocycles. The lowest BCUT2D eigenvalue weighted by atomic mass is 9.93. The molecule has 0 saturated heterocycles. The van der Waals surface area contributed by atoms with Gasteiger partial charge in [0.2, 0.25) is 0 Å². The molecule has 94 valence electrons. The topological polar surface area (TPSA) is 12.0 Å². The van der Waals surface area contributed by atoms with Crippen molar-refractivity contribution in [3.05, 3.63) is 34.9 Å². The predicted molar refractivity (Wildman–Crippen MR) is 74.2 cm³/mol. The molecule has 17 heavy (non-hydrogen) atoms. The molecule has 0 heterocycles. The number of hydrogen-bond acceptors (Lipinski definition) is 1. The Morgan fingerprint density at radius 1 is 1.35 bits per heavy atom. The number of hydrogen-bond donors (Lipinski definition) is 1. The molecule has 2 rings (SSSR count). The second kappa shape index (κ2) is 4.45. The zero-order valence-corrected chi connectivity index (χ0v) is 11.8. The molecule has 0 aromatic heterocycles. The molecular weight excluding hydrogens is 206 g/mol. The van der Waals surface area contributed by atoms with Crippen molar-refractivity contribution >= 4 is 0 Å². The maximum absolute atomic E-state index is 3.68. The van der Waals surface area contributed by atoms with Crippen LogP contribution >= 0.6 is 0 Å². The van der Waals surface area contributed by atoms with Gasteiger partial charge >= 0.3 is 0 Å². The van der Waals surface area contributed by atoms with Crippen LogP contribution in [0.2, 0.25) is 0 Å². The highest BCUT2D eigenvalue weighted by atomic mass is 14.9. The number of aryl methyl sites for hydroxylation is 2. The van der Waals surface area contributed by atoms with Crippen LogP contribution in [0.5, 0.6) is 0 Å². The highest BCUT2D eigenvalue weighted by molar-refractivity contribution is 5.34. The van der Waals surface area contributed by atoms with E-state index < -0.39 is 0 Å². The van der Waals surface area contributed by atoms with E-state index in [1.807, 2.05) is 0 Å². The molecular formula is C16H25N. The van der Waals surface area contributed by atoms with Gasteiger partial charge in [-0.3, -0.25) is 0 Å². The molecule has 1 aliphatic rings. The molecule has 2 atom stereocenters. The minimum atomic E-state index is 0.518. The van der Waals surface area contributed by atoms with Crippen molar-refractivity contribution < 1.29 is 0 Å². The summed E-state index contributed by atoms with van der Waals surface area (Å²) in [7, 11) is 0. The molecule has 1 heteroatoms. The Bertz CT molecular complexity index is 406. The van der Waals surface area contributed by atoms with Crippen molar-refractivity contribution in [1.82, 2.24) is 5.32 Å². The smallest absolute Gasteiger partial charge is 0.0356 e. The van der Waals surface area contributed by atoms with Crippen LogP contribution in [0.4, 0.5) is 0 Å². The predicted octanol–water partition coefficient (Wildman–Crippen LogP) is 4.00. The van der Waals surface area contributed by atoms with Gasteiger partial charge in [-0.05, 0) is 49.3 Å².